The summed E-state index contributed by atoms with van der Waals surface area (Å²) in [5.41, 5.74) is 2.01. The Morgan fingerprint density at radius 2 is 1.96 bits per heavy atom. The van der Waals surface area contributed by atoms with Gasteiger partial charge in [-0.15, -0.1) is 0 Å². The van der Waals surface area contributed by atoms with Crippen LogP contribution in [0.2, 0.25) is 0 Å². The van der Waals surface area contributed by atoms with E-state index in [4.69, 9.17) is 4.74 Å². The molecule has 0 aliphatic carbocycles. The van der Waals surface area contributed by atoms with Gasteiger partial charge in [0.25, 0.3) is 5.91 Å². The van der Waals surface area contributed by atoms with Crippen LogP contribution in [0.4, 0.5) is 0 Å². The van der Waals surface area contributed by atoms with Gasteiger partial charge in [-0.2, -0.15) is 5.10 Å². The molecule has 1 aromatic heterocycles. The molecule has 1 amide bonds. The summed E-state index contributed by atoms with van der Waals surface area (Å²) in [6.45, 7) is 7.14. The molecule has 2 aromatic carbocycles. The number of ether oxygens (including phenoxy) is 1. The van der Waals surface area contributed by atoms with E-state index in [1.807, 2.05) is 61.1 Å². The average molecular weight is 351 g/mol. The third-order valence-corrected chi connectivity index (χ3v) is 4.54. The van der Waals surface area contributed by atoms with Crippen molar-refractivity contribution >= 4 is 16.7 Å². The van der Waals surface area contributed by atoms with Gasteiger partial charge in [0.15, 0.2) is 6.10 Å². The number of hydrogen-bond donors (Lipinski definition) is 0. The number of carbonyl (C=O) groups excluding carboxylic acids is 1. The molecule has 0 radical (unpaired) electrons. The molecule has 0 unspecified atom stereocenters. The first-order chi connectivity index (χ1) is 12.5. The largest absolute Gasteiger partial charge is 0.481 e. The van der Waals surface area contributed by atoms with Crippen LogP contribution in [-0.4, -0.2) is 33.7 Å². The third kappa shape index (κ3) is 3.87. The molecule has 0 spiro atoms. The average Bonchev–Trinajstić information content (AvgIpc) is 3.00. The Morgan fingerprint density at radius 1 is 1.23 bits per heavy atom. The molecular formula is C21H25N3O2. The minimum Gasteiger partial charge on any atom is -0.481 e. The molecule has 0 bridgehead atoms. The molecule has 3 aromatic rings. The highest BCUT2D eigenvalue weighted by atomic mass is 16.5. The molecule has 1 atom stereocenters. The molecule has 5 heteroatoms. The monoisotopic (exact) mass is 351 g/mol. The number of fused-ring (bicyclic) bond motifs is 1. The van der Waals surface area contributed by atoms with E-state index in [2.05, 4.69) is 11.2 Å². The predicted octanol–water partition coefficient (Wildman–Crippen LogP) is 3.79. The first-order valence-corrected chi connectivity index (χ1v) is 8.91. The van der Waals surface area contributed by atoms with E-state index in [1.54, 1.807) is 18.9 Å². The summed E-state index contributed by atoms with van der Waals surface area (Å²) in [7, 11) is 1.80. The Hall–Kier alpha value is -2.82. The highest BCUT2D eigenvalue weighted by molar-refractivity contribution is 5.84. The second kappa shape index (κ2) is 7.60. The maximum atomic E-state index is 12.7. The quantitative estimate of drug-likeness (QED) is 0.679. The number of benzene rings is 2. The van der Waals surface area contributed by atoms with E-state index < -0.39 is 6.10 Å². The van der Waals surface area contributed by atoms with Crippen molar-refractivity contribution in [3.63, 3.8) is 0 Å². The summed E-state index contributed by atoms with van der Waals surface area (Å²) >= 11 is 0. The molecule has 0 aliphatic heterocycles. The van der Waals surface area contributed by atoms with Gasteiger partial charge in [0.05, 0.1) is 5.69 Å². The zero-order valence-electron chi connectivity index (χ0n) is 15.8. The standard InChI is InChI=1S/C21H25N3O2/c1-5-24-14-19(15(2)22-24)13-23(4)21(25)16(3)26-20-11-10-17-8-6-7-9-18(17)12-20/h6-12,14,16H,5,13H2,1-4H3/t16-/m1/s1. The van der Waals surface area contributed by atoms with Gasteiger partial charge < -0.3 is 9.64 Å². The summed E-state index contributed by atoms with van der Waals surface area (Å²) in [5, 5.41) is 6.68. The van der Waals surface area contributed by atoms with Crippen LogP contribution in [0, 0.1) is 6.92 Å². The van der Waals surface area contributed by atoms with Crippen molar-refractivity contribution in [2.75, 3.05) is 7.05 Å². The number of likely N-dealkylation sites (N-methyl/N-ethyl adjacent to an activating group) is 1. The first-order valence-electron chi connectivity index (χ1n) is 8.91. The lowest BCUT2D eigenvalue weighted by Crippen LogP contribution is -2.37. The van der Waals surface area contributed by atoms with Gasteiger partial charge in [-0.1, -0.05) is 30.3 Å². The lowest BCUT2D eigenvalue weighted by atomic mass is 10.1. The zero-order chi connectivity index (χ0) is 18.7. The van der Waals surface area contributed by atoms with Gasteiger partial charge in [-0.05, 0) is 43.7 Å². The van der Waals surface area contributed by atoms with Crippen LogP contribution in [0.1, 0.15) is 25.1 Å². The molecule has 1 heterocycles. The normalized spacial score (nSPS) is 12.2. The Labute approximate surface area is 154 Å². The Bertz CT molecular complexity index is 917. The van der Waals surface area contributed by atoms with E-state index in [-0.39, 0.29) is 5.91 Å². The molecule has 0 fully saturated rings. The number of hydrogen-bond acceptors (Lipinski definition) is 3. The highest BCUT2D eigenvalue weighted by Gasteiger charge is 2.20. The Kier molecular flexibility index (Phi) is 5.26. The molecule has 26 heavy (non-hydrogen) atoms. The van der Waals surface area contributed by atoms with Crippen LogP contribution in [0.3, 0.4) is 0 Å². The summed E-state index contributed by atoms with van der Waals surface area (Å²) < 4.78 is 7.77. The van der Waals surface area contributed by atoms with E-state index in [9.17, 15) is 4.79 Å². The van der Waals surface area contributed by atoms with Crippen LogP contribution in [-0.2, 0) is 17.9 Å². The maximum absolute atomic E-state index is 12.7. The van der Waals surface area contributed by atoms with Crippen LogP contribution in [0.15, 0.2) is 48.7 Å². The smallest absolute Gasteiger partial charge is 0.263 e. The van der Waals surface area contributed by atoms with Crippen molar-refractivity contribution in [1.82, 2.24) is 14.7 Å². The third-order valence-electron chi connectivity index (χ3n) is 4.54. The van der Waals surface area contributed by atoms with Gasteiger partial charge in [0.2, 0.25) is 0 Å². The predicted molar refractivity (Wildman–Crippen MR) is 103 cm³/mol. The fourth-order valence-electron chi connectivity index (χ4n) is 3.02. The molecule has 136 valence electrons. The summed E-state index contributed by atoms with van der Waals surface area (Å²) in [4.78, 5) is 14.4. The molecular weight excluding hydrogens is 326 g/mol. The van der Waals surface area contributed by atoms with E-state index in [1.165, 1.54) is 0 Å². The van der Waals surface area contributed by atoms with Crippen LogP contribution < -0.4 is 4.74 Å². The number of aromatic nitrogens is 2. The van der Waals surface area contributed by atoms with Gasteiger partial charge in [-0.3, -0.25) is 9.48 Å². The molecule has 0 N–H and O–H groups in total. The minimum absolute atomic E-state index is 0.0539. The Morgan fingerprint density at radius 3 is 2.65 bits per heavy atom. The molecule has 3 rings (SSSR count). The summed E-state index contributed by atoms with van der Waals surface area (Å²) in [6, 6.07) is 14.0. The van der Waals surface area contributed by atoms with E-state index >= 15 is 0 Å². The van der Waals surface area contributed by atoms with Crippen molar-refractivity contribution in [3.8, 4) is 5.75 Å². The van der Waals surface area contributed by atoms with Crippen LogP contribution in [0.5, 0.6) is 5.75 Å². The minimum atomic E-state index is -0.553. The topological polar surface area (TPSA) is 47.4 Å². The highest BCUT2D eigenvalue weighted by Crippen LogP contribution is 2.22. The lowest BCUT2D eigenvalue weighted by molar-refractivity contribution is -0.137. The maximum Gasteiger partial charge on any atom is 0.263 e. The summed E-state index contributed by atoms with van der Waals surface area (Å²) in [6.07, 6.45) is 1.44. The van der Waals surface area contributed by atoms with Gasteiger partial charge in [-0.25, -0.2) is 0 Å². The van der Waals surface area contributed by atoms with Crippen molar-refractivity contribution in [2.45, 2.75) is 40.0 Å². The molecule has 0 aliphatic rings. The first kappa shape index (κ1) is 18.0. The van der Waals surface area contributed by atoms with Gasteiger partial charge >= 0.3 is 0 Å². The van der Waals surface area contributed by atoms with E-state index in [0.717, 1.165) is 28.6 Å². The molecule has 0 saturated carbocycles. The second-order valence-electron chi connectivity index (χ2n) is 6.56. The zero-order valence-corrected chi connectivity index (χ0v) is 15.8. The number of carbonyl (C=O) groups is 1. The molecule has 5 nitrogen and oxygen atoms in total. The number of aryl methyl sites for hydroxylation is 2. The molecule has 0 saturated heterocycles. The van der Waals surface area contributed by atoms with Crippen LogP contribution in [0.25, 0.3) is 10.8 Å². The number of nitrogens with zero attached hydrogens (tertiary/aromatic N) is 3. The van der Waals surface area contributed by atoms with Gasteiger partial charge in [0, 0.05) is 31.9 Å². The SMILES string of the molecule is CCn1cc(CN(C)C(=O)[C@@H](C)Oc2ccc3ccccc3c2)c(C)n1. The van der Waals surface area contributed by atoms with E-state index in [0.29, 0.717) is 12.3 Å². The van der Waals surface area contributed by atoms with Crippen molar-refractivity contribution in [1.29, 1.82) is 0 Å². The number of rotatable bonds is 6. The van der Waals surface area contributed by atoms with Crippen LogP contribution >= 0.6 is 0 Å². The van der Waals surface area contributed by atoms with Crippen molar-refractivity contribution < 1.29 is 9.53 Å². The Balaban J connectivity index is 1.66. The fraction of sp³-hybridized carbons (Fsp3) is 0.333. The lowest BCUT2D eigenvalue weighted by Gasteiger charge is -2.22. The van der Waals surface area contributed by atoms with Gasteiger partial charge in [0.1, 0.15) is 5.75 Å². The van der Waals surface area contributed by atoms with Crippen molar-refractivity contribution in [2.24, 2.45) is 0 Å². The summed E-state index contributed by atoms with van der Waals surface area (Å²) in [5.74, 6) is 0.648. The fourth-order valence-corrected chi connectivity index (χ4v) is 3.02. The second-order valence-corrected chi connectivity index (χ2v) is 6.56. The van der Waals surface area contributed by atoms with Crippen molar-refractivity contribution in [3.05, 3.63) is 59.9 Å². The number of amides is 1.